The second-order valence-electron chi connectivity index (χ2n) is 7.58. The highest BCUT2D eigenvalue weighted by molar-refractivity contribution is 5.98. The maximum Gasteiger partial charge on any atom is 0.303 e. The number of carbonyl (C=O) groups excluding carboxylic acids is 2. The smallest absolute Gasteiger partial charge is 0.303 e. The van der Waals surface area contributed by atoms with Gasteiger partial charge in [0.2, 0.25) is 5.91 Å². The molecular weight excluding hydrogens is 332 g/mol. The average molecular weight is 358 g/mol. The molecule has 3 atom stereocenters. The van der Waals surface area contributed by atoms with Gasteiger partial charge in [0.25, 0.3) is 5.91 Å². The molecule has 0 aromatic heterocycles. The zero-order chi connectivity index (χ0) is 18.7. The number of carboxylic acid groups (broad SMARTS) is 1. The number of anilines is 1. The molecule has 0 radical (unpaired) electrons. The van der Waals surface area contributed by atoms with E-state index in [1.54, 1.807) is 29.2 Å². The van der Waals surface area contributed by atoms with Crippen LogP contribution in [-0.2, 0) is 9.59 Å². The van der Waals surface area contributed by atoms with Crippen LogP contribution in [0.3, 0.4) is 0 Å². The second kappa shape index (κ2) is 7.89. The SMILES string of the molecule is CC1CC1C(=O)Nc1cccc(C(=O)N2CCCC(CCC(=O)O)C2)c1. The van der Waals surface area contributed by atoms with E-state index in [1.165, 1.54) is 0 Å². The third-order valence-electron chi connectivity index (χ3n) is 5.40. The van der Waals surface area contributed by atoms with E-state index in [1.807, 2.05) is 0 Å². The first-order valence-corrected chi connectivity index (χ1v) is 9.36. The summed E-state index contributed by atoms with van der Waals surface area (Å²) in [5.41, 5.74) is 1.21. The Labute approximate surface area is 153 Å². The van der Waals surface area contributed by atoms with Crippen LogP contribution < -0.4 is 5.32 Å². The summed E-state index contributed by atoms with van der Waals surface area (Å²) in [5, 5.41) is 11.7. The van der Waals surface area contributed by atoms with Gasteiger partial charge in [-0.05, 0) is 55.7 Å². The molecule has 1 aromatic rings. The molecule has 6 heteroatoms. The first kappa shape index (κ1) is 18.4. The minimum Gasteiger partial charge on any atom is -0.481 e. The van der Waals surface area contributed by atoms with Crippen molar-refractivity contribution in [2.75, 3.05) is 18.4 Å². The van der Waals surface area contributed by atoms with E-state index >= 15 is 0 Å². The van der Waals surface area contributed by atoms with Crippen LogP contribution in [0.1, 0.15) is 49.4 Å². The second-order valence-corrected chi connectivity index (χ2v) is 7.58. The Hall–Kier alpha value is -2.37. The third kappa shape index (κ3) is 4.62. The zero-order valence-electron chi connectivity index (χ0n) is 15.1. The first-order valence-electron chi connectivity index (χ1n) is 9.36. The summed E-state index contributed by atoms with van der Waals surface area (Å²) in [7, 11) is 0. The van der Waals surface area contributed by atoms with Crippen molar-refractivity contribution >= 4 is 23.5 Å². The molecule has 2 aliphatic rings. The Kier molecular flexibility index (Phi) is 5.59. The number of rotatable bonds is 6. The van der Waals surface area contributed by atoms with Crippen LogP contribution in [0.25, 0.3) is 0 Å². The molecule has 1 saturated carbocycles. The molecule has 1 aromatic carbocycles. The lowest BCUT2D eigenvalue weighted by Crippen LogP contribution is -2.40. The monoisotopic (exact) mass is 358 g/mol. The minimum atomic E-state index is -0.790. The molecule has 1 saturated heterocycles. The number of hydrogen-bond donors (Lipinski definition) is 2. The maximum absolute atomic E-state index is 12.8. The van der Waals surface area contributed by atoms with Crippen LogP contribution in [-0.4, -0.2) is 40.9 Å². The summed E-state index contributed by atoms with van der Waals surface area (Å²) in [6, 6.07) is 7.07. The van der Waals surface area contributed by atoms with E-state index < -0.39 is 5.97 Å². The molecule has 3 rings (SSSR count). The van der Waals surface area contributed by atoms with Gasteiger partial charge in [0, 0.05) is 36.7 Å². The van der Waals surface area contributed by atoms with Gasteiger partial charge in [-0.3, -0.25) is 14.4 Å². The molecule has 0 bridgehead atoms. The Balaban J connectivity index is 1.60. The predicted octanol–water partition coefficient (Wildman–Crippen LogP) is 3.00. The van der Waals surface area contributed by atoms with Crippen molar-refractivity contribution in [3.63, 3.8) is 0 Å². The molecule has 1 aliphatic heterocycles. The number of aliphatic carboxylic acids is 1. The number of carboxylic acids is 1. The van der Waals surface area contributed by atoms with E-state index in [9.17, 15) is 14.4 Å². The Morgan fingerprint density at radius 3 is 2.77 bits per heavy atom. The number of amides is 2. The lowest BCUT2D eigenvalue weighted by molar-refractivity contribution is -0.137. The third-order valence-corrected chi connectivity index (χ3v) is 5.40. The van der Waals surface area contributed by atoms with Gasteiger partial charge in [0.05, 0.1) is 0 Å². The Morgan fingerprint density at radius 2 is 2.08 bits per heavy atom. The normalized spacial score (nSPS) is 24.8. The van der Waals surface area contributed by atoms with Crippen molar-refractivity contribution in [3.05, 3.63) is 29.8 Å². The number of hydrogen-bond acceptors (Lipinski definition) is 3. The topological polar surface area (TPSA) is 86.7 Å². The average Bonchev–Trinajstić information content (AvgIpc) is 3.37. The largest absolute Gasteiger partial charge is 0.481 e. The van der Waals surface area contributed by atoms with Gasteiger partial charge < -0.3 is 15.3 Å². The zero-order valence-corrected chi connectivity index (χ0v) is 15.1. The quantitative estimate of drug-likeness (QED) is 0.818. The molecule has 6 nitrogen and oxygen atoms in total. The van der Waals surface area contributed by atoms with Crippen LogP contribution in [0, 0.1) is 17.8 Å². The number of carbonyl (C=O) groups is 3. The van der Waals surface area contributed by atoms with Crippen LogP contribution in [0.4, 0.5) is 5.69 Å². The lowest BCUT2D eigenvalue weighted by atomic mass is 9.93. The highest BCUT2D eigenvalue weighted by atomic mass is 16.4. The summed E-state index contributed by atoms with van der Waals surface area (Å²) in [5.74, 6) is -0.0537. The van der Waals surface area contributed by atoms with Gasteiger partial charge in [0.15, 0.2) is 0 Å². The summed E-state index contributed by atoms with van der Waals surface area (Å²) >= 11 is 0. The van der Waals surface area contributed by atoms with Crippen molar-refractivity contribution in [1.82, 2.24) is 4.90 Å². The van der Waals surface area contributed by atoms with Crippen LogP contribution in [0.5, 0.6) is 0 Å². The van der Waals surface area contributed by atoms with Gasteiger partial charge >= 0.3 is 5.97 Å². The van der Waals surface area contributed by atoms with Gasteiger partial charge in [-0.2, -0.15) is 0 Å². The molecule has 1 aliphatic carbocycles. The fraction of sp³-hybridized carbons (Fsp3) is 0.550. The maximum atomic E-state index is 12.8. The summed E-state index contributed by atoms with van der Waals surface area (Å²) < 4.78 is 0. The van der Waals surface area contributed by atoms with E-state index in [4.69, 9.17) is 5.11 Å². The van der Waals surface area contributed by atoms with Gasteiger partial charge in [-0.1, -0.05) is 13.0 Å². The molecule has 2 fully saturated rings. The lowest BCUT2D eigenvalue weighted by Gasteiger charge is -2.32. The molecule has 1 heterocycles. The van der Waals surface area contributed by atoms with Gasteiger partial charge in [-0.15, -0.1) is 0 Å². The molecule has 26 heavy (non-hydrogen) atoms. The van der Waals surface area contributed by atoms with Gasteiger partial charge in [0.1, 0.15) is 0 Å². The predicted molar refractivity (Wildman–Crippen MR) is 97.8 cm³/mol. The van der Waals surface area contributed by atoms with Crippen LogP contribution in [0.2, 0.25) is 0 Å². The van der Waals surface area contributed by atoms with Gasteiger partial charge in [-0.25, -0.2) is 0 Å². The minimum absolute atomic E-state index is 0.0220. The molecular formula is C20H26N2O4. The fourth-order valence-electron chi connectivity index (χ4n) is 3.65. The fourth-order valence-corrected chi connectivity index (χ4v) is 3.65. The standard InChI is InChI=1S/C20H26N2O4/c1-13-10-17(13)19(25)21-16-6-2-5-15(11-16)20(26)22-9-3-4-14(12-22)7-8-18(23)24/h2,5-6,11,13-14,17H,3-4,7-10,12H2,1H3,(H,21,25)(H,23,24). The van der Waals surface area contributed by atoms with Crippen LogP contribution in [0.15, 0.2) is 24.3 Å². The van der Waals surface area contributed by atoms with Crippen molar-refractivity contribution in [2.45, 2.75) is 39.0 Å². The van der Waals surface area contributed by atoms with E-state index in [-0.39, 0.29) is 30.1 Å². The van der Waals surface area contributed by atoms with E-state index in [0.717, 1.165) is 19.3 Å². The van der Waals surface area contributed by atoms with Crippen LogP contribution >= 0.6 is 0 Å². The molecule has 140 valence electrons. The van der Waals surface area contributed by atoms with E-state index in [2.05, 4.69) is 12.2 Å². The number of piperidine rings is 1. The van der Waals surface area contributed by atoms with Crippen molar-refractivity contribution in [3.8, 4) is 0 Å². The number of nitrogens with one attached hydrogen (secondary N) is 1. The summed E-state index contributed by atoms with van der Waals surface area (Å²) in [6.45, 7) is 3.35. The Morgan fingerprint density at radius 1 is 1.31 bits per heavy atom. The van der Waals surface area contributed by atoms with Crippen molar-refractivity contribution in [1.29, 1.82) is 0 Å². The van der Waals surface area contributed by atoms with E-state index in [0.29, 0.717) is 36.7 Å². The Bertz CT molecular complexity index is 703. The summed E-state index contributed by atoms with van der Waals surface area (Å²) in [6.07, 6.45) is 3.54. The highest BCUT2D eigenvalue weighted by Crippen LogP contribution is 2.38. The molecule has 3 unspecified atom stereocenters. The molecule has 2 amide bonds. The first-order chi connectivity index (χ1) is 12.4. The summed E-state index contributed by atoms with van der Waals surface area (Å²) in [4.78, 5) is 37.5. The number of nitrogens with zero attached hydrogens (tertiary/aromatic N) is 1. The van der Waals surface area contributed by atoms with Crippen molar-refractivity contribution in [2.24, 2.45) is 17.8 Å². The highest BCUT2D eigenvalue weighted by Gasteiger charge is 2.39. The number of benzene rings is 1. The van der Waals surface area contributed by atoms with Crippen molar-refractivity contribution < 1.29 is 19.5 Å². The molecule has 0 spiro atoms. The molecule has 2 N–H and O–H groups in total. The number of likely N-dealkylation sites (tertiary alicyclic amines) is 1.